The Labute approximate surface area is 196 Å². The molecule has 3 fully saturated rings. The Bertz CT molecular complexity index is 1210. The highest BCUT2D eigenvalue weighted by Crippen LogP contribution is 2.38. The molecule has 1 amide bonds. The summed E-state index contributed by atoms with van der Waals surface area (Å²) in [5.41, 5.74) is 0.415. The van der Waals surface area contributed by atoms with E-state index in [1.54, 1.807) is 23.0 Å². The van der Waals surface area contributed by atoms with Gasteiger partial charge in [-0.2, -0.15) is 5.10 Å². The maximum Gasteiger partial charge on any atom is 0.284 e. The average molecular weight is 471 g/mol. The zero-order chi connectivity index (χ0) is 23.4. The number of morpholine rings is 1. The van der Waals surface area contributed by atoms with Crippen LogP contribution >= 0.6 is 0 Å². The molecule has 0 radical (unpaired) electrons. The van der Waals surface area contributed by atoms with E-state index in [1.165, 1.54) is 0 Å². The third-order valence-corrected chi connectivity index (χ3v) is 7.53. The molecule has 6 rings (SSSR count). The maximum absolute atomic E-state index is 13.8. The van der Waals surface area contributed by atoms with E-state index in [9.17, 15) is 13.6 Å². The first kappa shape index (κ1) is 21.6. The van der Waals surface area contributed by atoms with Crippen LogP contribution < -0.4 is 10.2 Å². The van der Waals surface area contributed by atoms with Gasteiger partial charge in [0.25, 0.3) is 12.3 Å². The van der Waals surface area contributed by atoms with Crippen LogP contribution in [0.25, 0.3) is 11.0 Å². The molecule has 3 aromatic rings. The average Bonchev–Trinajstić information content (AvgIpc) is 3.61. The number of nitrogens with one attached hydrogen (secondary N) is 1. The Kier molecular flexibility index (Phi) is 5.32. The Morgan fingerprint density at radius 1 is 1.21 bits per heavy atom. The first-order valence-electron chi connectivity index (χ1n) is 12.1. The third kappa shape index (κ3) is 3.76. The largest absolute Gasteiger partial charge is 0.440 e. The van der Waals surface area contributed by atoms with Crippen LogP contribution in [0.4, 0.5) is 20.4 Å². The number of nitrogens with zero attached hydrogens (tertiary/aromatic N) is 3. The second kappa shape index (κ2) is 8.37. The number of hydrogen-bond donors (Lipinski definition) is 1. The normalized spacial score (nSPS) is 26.6. The molecule has 4 heterocycles. The maximum atomic E-state index is 13.8. The molecule has 34 heavy (non-hydrogen) atoms. The first-order valence-corrected chi connectivity index (χ1v) is 12.1. The summed E-state index contributed by atoms with van der Waals surface area (Å²) in [4.78, 5) is 15.4. The fourth-order valence-electron chi connectivity index (χ4n) is 5.59. The lowest BCUT2D eigenvalue weighted by atomic mass is 9.87. The number of alkyl halides is 2. The van der Waals surface area contributed by atoms with Crippen LogP contribution in [0, 0.1) is 5.92 Å². The molecular weight excluding hydrogens is 442 g/mol. The number of halogens is 2. The second-order valence-electron chi connectivity index (χ2n) is 9.88. The number of rotatable bonds is 5. The van der Waals surface area contributed by atoms with Gasteiger partial charge in [-0.25, -0.2) is 8.78 Å². The van der Waals surface area contributed by atoms with Gasteiger partial charge in [-0.1, -0.05) is 19.1 Å². The molecule has 2 aromatic heterocycles. The number of carbonyl (C=O) groups excluding carboxylic acids is 1. The number of anilines is 2. The fraction of sp³-hybridized carbons (Fsp3) is 0.520. The molecule has 1 aromatic carbocycles. The molecule has 2 aliphatic heterocycles. The molecule has 1 saturated carbocycles. The number of carbonyl (C=O) groups is 1. The van der Waals surface area contributed by atoms with Gasteiger partial charge in [0.1, 0.15) is 5.58 Å². The van der Waals surface area contributed by atoms with Crippen LogP contribution in [-0.4, -0.2) is 41.0 Å². The molecule has 3 aliphatic rings. The van der Waals surface area contributed by atoms with Crippen molar-refractivity contribution in [2.75, 3.05) is 23.4 Å². The minimum atomic E-state index is -2.78. The van der Waals surface area contributed by atoms with E-state index in [-0.39, 0.29) is 23.9 Å². The molecule has 180 valence electrons. The number of fused-ring (bicyclic) bond motifs is 3. The van der Waals surface area contributed by atoms with Gasteiger partial charge in [0, 0.05) is 24.2 Å². The van der Waals surface area contributed by atoms with Gasteiger partial charge in [0.2, 0.25) is 0 Å². The Morgan fingerprint density at radius 3 is 2.74 bits per heavy atom. The van der Waals surface area contributed by atoms with Crippen molar-refractivity contribution in [3.05, 3.63) is 41.7 Å². The zero-order valence-electron chi connectivity index (χ0n) is 19.0. The summed E-state index contributed by atoms with van der Waals surface area (Å²) in [7, 11) is 0. The molecule has 1 N–H and O–H groups in total. The van der Waals surface area contributed by atoms with Gasteiger partial charge in [0.05, 0.1) is 36.0 Å². The van der Waals surface area contributed by atoms with Crippen molar-refractivity contribution in [2.45, 2.75) is 63.6 Å². The molecule has 2 saturated heterocycles. The van der Waals surface area contributed by atoms with E-state index in [0.29, 0.717) is 29.6 Å². The monoisotopic (exact) mass is 470 g/mol. The number of furan rings is 1. The molecule has 0 unspecified atom stereocenters. The summed E-state index contributed by atoms with van der Waals surface area (Å²) in [5, 5.41) is 7.63. The van der Waals surface area contributed by atoms with Crippen molar-refractivity contribution in [1.29, 1.82) is 0 Å². The summed E-state index contributed by atoms with van der Waals surface area (Å²) in [6.45, 7) is 3.65. The Morgan fingerprint density at radius 2 is 2.03 bits per heavy atom. The van der Waals surface area contributed by atoms with Crippen molar-refractivity contribution in [3.63, 3.8) is 0 Å². The summed E-state index contributed by atoms with van der Waals surface area (Å²) in [6, 6.07) is 7.60. The smallest absolute Gasteiger partial charge is 0.284 e. The minimum Gasteiger partial charge on any atom is -0.440 e. The number of ether oxygens (including phenoxy) is 1. The predicted molar refractivity (Wildman–Crippen MR) is 124 cm³/mol. The van der Waals surface area contributed by atoms with Crippen LogP contribution in [-0.2, 0) is 4.74 Å². The first-order chi connectivity index (χ1) is 16.5. The quantitative estimate of drug-likeness (QED) is 0.530. The predicted octanol–water partition coefficient (Wildman–Crippen LogP) is 5.55. The lowest BCUT2D eigenvalue weighted by molar-refractivity contribution is 0.0977. The van der Waals surface area contributed by atoms with Gasteiger partial charge >= 0.3 is 0 Å². The molecule has 1 aliphatic carbocycles. The SMILES string of the molecule is C[C@H]1CC[C@H](n2cc(NC(=O)c3cccc4cc(N5C[C@@H]6C[C@H]5CO6)oc34)c(C(F)F)n2)CC1. The summed E-state index contributed by atoms with van der Waals surface area (Å²) < 4.78 is 40.9. The highest BCUT2D eigenvalue weighted by molar-refractivity contribution is 6.12. The molecule has 9 heteroatoms. The van der Waals surface area contributed by atoms with E-state index < -0.39 is 18.0 Å². The highest BCUT2D eigenvalue weighted by Gasteiger charge is 2.40. The van der Waals surface area contributed by atoms with Gasteiger partial charge in [-0.3, -0.25) is 9.48 Å². The van der Waals surface area contributed by atoms with Crippen LogP contribution in [0.1, 0.15) is 67.5 Å². The van der Waals surface area contributed by atoms with Crippen LogP contribution in [0.2, 0.25) is 0 Å². The van der Waals surface area contributed by atoms with Gasteiger partial charge < -0.3 is 19.4 Å². The van der Waals surface area contributed by atoms with Crippen LogP contribution in [0.5, 0.6) is 0 Å². The lowest BCUT2D eigenvalue weighted by Crippen LogP contribution is -2.36. The van der Waals surface area contributed by atoms with Crippen molar-refractivity contribution in [1.82, 2.24) is 9.78 Å². The van der Waals surface area contributed by atoms with Crippen molar-refractivity contribution in [3.8, 4) is 0 Å². The van der Waals surface area contributed by atoms with E-state index in [2.05, 4.69) is 22.2 Å². The highest BCUT2D eigenvalue weighted by atomic mass is 19.3. The van der Waals surface area contributed by atoms with E-state index >= 15 is 0 Å². The van der Waals surface area contributed by atoms with Gasteiger partial charge in [-0.15, -0.1) is 0 Å². The summed E-state index contributed by atoms with van der Waals surface area (Å²) in [6.07, 6.45) is 3.86. The lowest BCUT2D eigenvalue weighted by Gasteiger charge is -2.26. The molecular formula is C25H28F2N4O3. The second-order valence-corrected chi connectivity index (χ2v) is 9.88. The zero-order valence-corrected chi connectivity index (χ0v) is 19.0. The number of amides is 1. The summed E-state index contributed by atoms with van der Waals surface area (Å²) in [5.74, 6) is 0.859. The van der Waals surface area contributed by atoms with E-state index in [0.717, 1.165) is 44.0 Å². The van der Waals surface area contributed by atoms with Crippen LogP contribution in [0.15, 0.2) is 34.9 Å². The van der Waals surface area contributed by atoms with Crippen LogP contribution in [0.3, 0.4) is 0 Å². The van der Waals surface area contributed by atoms with Crippen molar-refractivity contribution >= 4 is 28.4 Å². The number of aromatic nitrogens is 2. The molecule has 0 spiro atoms. The third-order valence-electron chi connectivity index (χ3n) is 7.53. The molecule has 2 bridgehead atoms. The number of benzene rings is 1. The van der Waals surface area contributed by atoms with Gasteiger partial charge in [-0.05, 0) is 44.1 Å². The van der Waals surface area contributed by atoms with Gasteiger partial charge in [0.15, 0.2) is 11.6 Å². The van der Waals surface area contributed by atoms with Crippen molar-refractivity contribution in [2.24, 2.45) is 5.92 Å². The standard InChI is InChI=1S/C25H28F2N4O3/c1-14-5-7-16(8-6-14)31-12-20(22(29-31)24(26)27)28-25(32)19-4-2-3-15-9-21(34-23(15)19)30-11-18-10-17(30)13-33-18/h2-4,9,12,14,16-18,24H,5-8,10-11,13H2,1H3,(H,28,32)/t14-,16-,17-,18-/m0/s1. The fourth-order valence-corrected chi connectivity index (χ4v) is 5.59. The minimum absolute atomic E-state index is 0.0522. The molecule has 2 atom stereocenters. The van der Waals surface area contributed by atoms with Crippen molar-refractivity contribution < 1.29 is 22.7 Å². The topological polar surface area (TPSA) is 72.5 Å². The Hall–Kier alpha value is -2.94. The Balaban J connectivity index is 1.27. The molecule has 7 nitrogen and oxygen atoms in total. The number of para-hydroxylation sites is 1. The van der Waals surface area contributed by atoms with E-state index in [4.69, 9.17) is 9.15 Å². The van der Waals surface area contributed by atoms with E-state index in [1.807, 2.05) is 12.1 Å². The number of hydrogen-bond acceptors (Lipinski definition) is 5. The summed E-state index contributed by atoms with van der Waals surface area (Å²) >= 11 is 0.